The van der Waals surface area contributed by atoms with Crippen molar-refractivity contribution in [2.24, 2.45) is 11.8 Å². The van der Waals surface area contributed by atoms with Crippen LogP contribution in [0.25, 0.3) is 0 Å². The molecule has 1 aromatic carbocycles. The minimum Gasteiger partial charge on any atom is -0.370 e. The molecule has 0 saturated carbocycles. The van der Waals surface area contributed by atoms with E-state index in [1.807, 2.05) is 30.6 Å². The summed E-state index contributed by atoms with van der Waals surface area (Å²) in [7, 11) is 0. The van der Waals surface area contributed by atoms with Crippen molar-refractivity contribution in [1.29, 1.82) is 0 Å². The number of nitrogens with one attached hydrogen (secondary N) is 1. The van der Waals surface area contributed by atoms with Crippen LogP contribution in [0, 0.1) is 11.8 Å². The number of anilines is 2. The molecule has 0 radical (unpaired) electrons. The van der Waals surface area contributed by atoms with Gasteiger partial charge in [-0.25, -0.2) is 0 Å². The number of halogens is 1. The molecule has 200 valence electrons. The van der Waals surface area contributed by atoms with Crippen LogP contribution in [-0.4, -0.2) is 32.7 Å². The zero-order valence-electron chi connectivity index (χ0n) is 22.2. The summed E-state index contributed by atoms with van der Waals surface area (Å²) in [6.07, 6.45) is 8.93. The van der Waals surface area contributed by atoms with Gasteiger partial charge in [-0.15, -0.1) is 0 Å². The van der Waals surface area contributed by atoms with Crippen molar-refractivity contribution in [1.82, 2.24) is 19.9 Å². The topological polar surface area (TPSA) is 49.2 Å². The van der Waals surface area contributed by atoms with E-state index in [1.54, 1.807) is 6.20 Å². The normalized spacial score (nSPS) is 23.2. The quantitative estimate of drug-likeness (QED) is 0.269. The minimum absolute atomic E-state index is 0.115. The Labute approximate surface area is 240 Å². The van der Waals surface area contributed by atoms with Crippen LogP contribution in [0.3, 0.4) is 0 Å². The molecule has 0 bridgehead atoms. The predicted octanol–water partition coefficient (Wildman–Crippen LogP) is 6.64. The lowest BCUT2D eigenvalue weighted by molar-refractivity contribution is 0.357. The first kappa shape index (κ1) is 25.8. The van der Waals surface area contributed by atoms with Crippen LogP contribution in [0.15, 0.2) is 85.5 Å². The van der Waals surface area contributed by atoms with Gasteiger partial charge in [0.15, 0.2) is 5.11 Å². The van der Waals surface area contributed by atoms with E-state index in [1.165, 1.54) is 6.42 Å². The molecule has 2 saturated heterocycles. The van der Waals surface area contributed by atoms with E-state index in [0.717, 1.165) is 46.4 Å². The van der Waals surface area contributed by atoms with Crippen molar-refractivity contribution in [3.63, 3.8) is 0 Å². The summed E-state index contributed by atoms with van der Waals surface area (Å²) >= 11 is 13.0. The van der Waals surface area contributed by atoms with E-state index in [9.17, 15) is 0 Å². The van der Waals surface area contributed by atoms with E-state index < -0.39 is 0 Å². The van der Waals surface area contributed by atoms with Crippen molar-refractivity contribution < 1.29 is 0 Å². The van der Waals surface area contributed by atoms with Gasteiger partial charge in [0.2, 0.25) is 0 Å². The lowest BCUT2D eigenvalue weighted by Crippen LogP contribution is -2.38. The highest BCUT2D eigenvalue weighted by atomic mass is 35.5. The number of hydrogen-bond donors (Lipinski definition) is 1. The van der Waals surface area contributed by atoms with E-state index in [0.29, 0.717) is 23.5 Å². The molecule has 0 aliphatic carbocycles. The average Bonchev–Trinajstić information content (AvgIpc) is 3.52. The standard InChI is InChI=1S/C31H33ClN6S/c1-21-15-22(2)19-37(18-21)27-11-10-24(16-25(27)32)38-30(29(35-31(38)39)26-8-3-4-13-34-26)28-9-6-14-36(28)20-23-7-5-12-33-17-23/h3-14,16-17,21-22,29-30H,15,18-20H2,1-2H3,(H,35,39)/t21-,22-,29+,30+/m1/s1. The summed E-state index contributed by atoms with van der Waals surface area (Å²) in [5.41, 5.74) is 5.29. The number of piperidine rings is 1. The van der Waals surface area contributed by atoms with Crippen molar-refractivity contribution in [2.75, 3.05) is 22.9 Å². The molecule has 1 N–H and O–H groups in total. The molecule has 2 aliphatic rings. The summed E-state index contributed by atoms with van der Waals surface area (Å²) in [6, 6.07) is 20.5. The Morgan fingerprint density at radius 3 is 2.56 bits per heavy atom. The third kappa shape index (κ3) is 5.25. The molecule has 2 fully saturated rings. The van der Waals surface area contributed by atoms with Crippen LogP contribution < -0.4 is 15.1 Å². The number of rotatable bonds is 6. The highest BCUT2D eigenvalue weighted by molar-refractivity contribution is 7.80. The first-order valence-electron chi connectivity index (χ1n) is 13.6. The first-order valence-corrected chi connectivity index (χ1v) is 14.4. The number of pyridine rings is 2. The first-order chi connectivity index (χ1) is 19.0. The maximum absolute atomic E-state index is 6.99. The number of nitrogens with zero attached hydrogens (tertiary/aromatic N) is 5. The molecule has 8 heteroatoms. The molecule has 6 nitrogen and oxygen atoms in total. The molecule has 39 heavy (non-hydrogen) atoms. The zero-order chi connectivity index (χ0) is 26.9. The second-order valence-electron chi connectivity index (χ2n) is 10.9. The largest absolute Gasteiger partial charge is 0.370 e. The van der Waals surface area contributed by atoms with Crippen molar-refractivity contribution in [2.45, 2.75) is 38.9 Å². The highest BCUT2D eigenvalue weighted by Crippen LogP contribution is 2.43. The smallest absolute Gasteiger partial charge is 0.174 e. The fourth-order valence-electron chi connectivity index (χ4n) is 6.22. The molecule has 5 heterocycles. The Morgan fingerprint density at radius 2 is 1.85 bits per heavy atom. The molecule has 2 aliphatic heterocycles. The monoisotopic (exact) mass is 556 g/mol. The Balaban J connectivity index is 1.39. The fraction of sp³-hybridized carbons (Fsp3) is 0.323. The van der Waals surface area contributed by atoms with E-state index >= 15 is 0 Å². The van der Waals surface area contributed by atoms with Gasteiger partial charge in [-0.05, 0) is 84.6 Å². The molecule has 4 atom stereocenters. The predicted molar refractivity (Wildman–Crippen MR) is 162 cm³/mol. The number of hydrogen-bond acceptors (Lipinski definition) is 4. The maximum atomic E-state index is 6.99. The lowest BCUT2D eigenvalue weighted by Gasteiger charge is -2.37. The van der Waals surface area contributed by atoms with Gasteiger partial charge >= 0.3 is 0 Å². The molecular formula is C31H33ClN6S. The summed E-state index contributed by atoms with van der Waals surface area (Å²) in [6.45, 7) is 7.41. The Kier molecular flexibility index (Phi) is 7.28. The second-order valence-corrected chi connectivity index (χ2v) is 11.7. The second kappa shape index (κ2) is 11.0. The summed E-state index contributed by atoms with van der Waals surface area (Å²) < 4.78 is 2.27. The van der Waals surface area contributed by atoms with Gasteiger partial charge in [-0.3, -0.25) is 9.97 Å². The van der Waals surface area contributed by atoms with Crippen LogP contribution in [0.1, 0.15) is 49.3 Å². The van der Waals surface area contributed by atoms with Crippen LogP contribution in [0.4, 0.5) is 11.4 Å². The lowest BCUT2D eigenvalue weighted by atomic mass is 9.91. The van der Waals surface area contributed by atoms with Crippen LogP contribution >= 0.6 is 23.8 Å². The van der Waals surface area contributed by atoms with Gasteiger partial charge in [-0.2, -0.15) is 0 Å². The minimum atomic E-state index is -0.122. The molecule has 6 rings (SSSR count). The van der Waals surface area contributed by atoms with Crippen LogP contribution in [0.2, 0.25) is 5.02 Å². The molecule has 4 aromatic rings. The van der Waals surface area contributed by atoms with Gasteiger partial charge in [0, 0.05) is 55.8 Å². The van der Waals surface area contributed by atoms with Gasteiger partial charge in [0.1, 0.15) is 6.04 Å². The van der Waals surface area contributed by atoms with Crippen molar-refractivity contribution in [3.8, 4) is 0 Å². The Morgan fingerprint density at radius 1 is 1.00 bits per heavy atom. The van der Waals surface area contributed by atoms with Gasteiger partial charge in [0.25, 0.3) is 0 Å². The van der Waals surface area contributed by atoms with Crippen LogP contribution in [0.5, 0.6) is 0 Å². The highest BCUT2D eigenvalue weighted by Gasteiger charge is 2.42. The van der Waals surface area contributed by atoms with Gasteiger partial charge in [0.05, 0.1) is 22.4 Å². The average molecular weight is 557 g/mol. The summed E-state index contributed by atoms with van der Waals surface area (Å²) in [4.78, 5) is 13.6. The number of aromatic nitrogens is 3. The van der Waals surface area contributed by atoms with Gasteiger partial charge < -0.3 is 19.7 Å². The molecule has 0 spiro atoms. The van der Waals surface area contributed by atoms with E-state index in [-0.39, 0.29) is 12.1 Å². The van der Waals surface area contributed by atoms with E-state index in [4.69, 9.17) is 28.8 Å². The van der Waals surface area contributed by atoms with Crippen molar-refractivity contribution >= 4 is 40.3 Å². The van der Waals surface area contributed by atoms with Gasteiger partial charge in [-0.1, -0.05) is 37.6 Å². The Bertz CT molecular complexity index is 1430. The molecule has 0 unspecified atom stereocenters. The molecule has 0 amide bonds. The SMILES string of the molecule is C[C@@H]1C[C@@H](C)CN(c2ccc(N3C(=S)N[C@@H](c4ccccn4)[C@@H]3c3cccn3Cc3cccnc3)cc2Cl)C1. The number of thiocarbonyl (C=S) groups is 1. The fourth-order valence-corrected chi connectivity index (χ4v) is 6.86. The zero-order valence-corrected chi connectivity index (χ0v) is 23.8. The van der Waals surface area contributed by atoms with E-state index in [2.05, 4.69) is 87.2 Å². The molecular weight excluding hydrogens is 524 g/mol. The van der Waals surface area contributed by atoms with Crippen molar-refractivity contribution in [3.05, 3.63) is 107 Å². The third-order valence-electron chi connectivity index (χ3n) is 7.76. The summed E-state index contributed by atoms with van der Waals surface area (Å²) in [5, 5.41) is 4.99. The summed E-state index contributed by atoms with van der Waals surface area (Å²) in [5.74, 6) is 1.30. The maximum Gasteiger partial charge on any atom is 0.174 e. The Hall–Kier alpha value is -3.42. The third-order valence-corrected chi connectivity index (χ3v) is 8.38. The van der Waals surface area contributed by atoms with Crippen LogP contribution in [-0.2, 0) is 6.54 Å². The molecule has 3 aromatic heterocycles. The number of benzene rings is 1.